The fourth-order valence-electron chi connectivity index (χ4n) is 0.478. The van der Waals surface area contributed by atoms with E-state index in [1.807, 2.05) is 5.37 Å². The Morgan fingerprint density at radius 2 is 2.14 bits per heavy atom. The van der Waals surface area contributed by atoms with Gasteiger partial charge in [0.15, 0.2) is 0 Å². The molecule has 0 N–H and O–H groups in total. The van der Waals surface area contributed by atoms with Crippen LogP contribution in [-0.4, -0.2) is 33.3 Å². The summed E-state index contributed by atoms with van der Waals surface area (Å²) in [6.45, 7) is 0. The van der Waals surface area contributed by atoms with Crippen LogP contribution in [0.25, 0.3) is 0 Å². The molecule has 0 bridgehead atoms. The standard InChI is InChI=1S/C5H9S.Na/c1-2-3-4-5-6;/h5H,1-4H2;. The molecule has 0 radical (unpaired) electrons. The van der Waals surface area contributed by atoms with Crippen molar-refractivity contribution in [2.24, 2.45) is 0 Å². The molecule has 2 heteroatoms. The van der Waals surface area contributed by atoms with Crippen molar-refractivity contribution in [3.05, 3.63) is 0 Å². The molecule has 0 saturated carbocycles. The summed E-state index contributed by atoms with van der Waals surface area (Å²) < 4.78 is 1.43. The first-order valence-electron chi connectivity index (χ1n) is 2.85. The predicted octanol–water partition coefficient (Wildman–Crippen LogP) is 1.74. The average molecular weight is 124 g/mol. The molecule has 0 saturated heterocycles. The second kappa shape index (κ2) is 7.09. The SMILES string of the molecule is [Na][CH2]CCCC=S. The molecule has 0 atom stereocenters. The molecule has 0 aromatic carbocycles. The van der Waals surface area contributed by atoms with E-state index in [1.165, 1.54) is 44.4 Å². The van der Waals surface area contributed by atoms with Gasteiger partial charge >= 0.3 is 68.4 Å². The first kappa shape index (κ1) is 8.09. The van der Waals surface area contributed by atoms with E-state index < -0.39 is 0 Å². The van der Waals surface area contributed by atoms with Crippen molar-refractivity contribution < 1.29 is 0 Å². The van der Waals surface area contributed by atoms with Crippen molar-refractivity contribution in [1.82, 2.24) is 0 Å². The number of thiocarbonyl (C=S) groups is 1. The van der Waals surface area contributed by atoms with Gasteiger partial charge in [-0.1, -0.05) is 0 Å². The average Bonchev–Trinajstić information content (AvgIpc) is 1.69. The Labute approximate surface area is 68.1 Å². The van der Waals surface area contributed by atoms with Crippen molar-refractivity contribution in [2.45, 2.75) is 22.9 Å². The van der Waals surface area contributed by atoms with Crippen LogP contribution in [0.5, 0.6) is 0 Å². The maximum atomic E-state index is 4.65. The Balaban J connectivity index is 2.56. The molecule has 0 aliphatic carbocycles. The van der Waals surface area contributed by atoms with Gasteiger partial charge in [0.05, 0.1) is 0 Å². The van der Waals surface area contributed by atoms with Gasteiger partial charge in [0.2, 0.25) is 0 Å². The Morgan fingerprint density at radius 1 is 1.43 bits per heavy atom. The Morgan fingerprint density at radius 3 is 2.57 bits per heavy atom. The van der Waals surface area contributed by atoms with Crippen molar-refractivity contribution >= 4 is 45.5 Å². The minimum atomic E-state index is 1.14. The summed E-state index contributed by atoms with van der Waals surface area (Å²) in [7, 11) is 0. The molecule has 0 aromatic heterocycles. The molecule has 0 amide bonds. The van der Waals surface area contributed by atoms with Crippen LogP contribution in [0, 0.1) is 0 Å². The van der Waals surface area contributed by atoms with Crippen LogP contribution in [0.1, 0.15) is 19.3 Å². The van der Waals surface area contributed by atoms with E-state index in [0.717, 1.165) is 6.42 Å². The number of unbranched alkanes of at least 4 members (excludes halogenated alkanes) is 2. The van der Waals surface area contributed by atoms with E-state index >= 15 is 0 Å². The summed E-state index contributed by atoms with van der Waals surface area (Å²) in [5.41, 5.74) is 0. The fraction of sp³-hybridized carbons (Fsp3) is 0.800. The van der Waals surface area contributed by atoms with Gasteiger partial charge < -0.3 is 0 Å². The summed E-state index contributed by atoms with van der Waals surface area (Å²) in [5.74, 6) is 0. The first-order chi connectivity index (χ1) is 3.41. The summed E-state index contributed by atoms with van der Waals surface area (Å²) in [6, 6.07) is 0. The van der Waals surface area contributed by atoms with Crippen LogP contribution in [0.15, 0.2) is 0 Å². The van der Waals surface area contributed by atoms with Crippen LogP contribution in [-0.2, 0) is 0 Å². The molecule has 0 spiro atoms. The zero-order valence-electron chi connectivity index (χ0n) is 4.81. The normalized spacial score (nSPS) is 8.86. The van der Waals surface area contributed by atoms with Gasteiger partial charge in [-0.15, -0.1) is 0 Å². The topological polar surface area (TPSA) is 0 Å². The monoisotopic (exact) mass is 124 g/mol. The van der Waals surface area contributed by atoms with E-state index in [9.17, 15) is 0 Å². The van der Waals surface area contributed by atoms with E-state index in [4.69, 9.17) is 0 Å². The van der Waals surface area contributed by atoms with Gasteiger partial charge in [-0.2, -0.15) is 0 Å². The zero-order valence-corrected chi connectivity index (χ0v) is 7.63. The van der Waals surface area contributed by atoms with Gasteiger partial charge in [0.25, 0.3) is 0 Å². The molecule has 0 unspecified atom stereocenters. The molecular formula is C5H9NaS. The third-order valence-corrected chi connectivity index (χ3v) is 1.87. The van der Waals surface area contributed by atoms with Crippen LogP contribution < -0.4 is 0 Å². The van der Waals surface area contributed by atoms with Crippen LogP contribution in [0.2, 0.25) is 3.67 Å². The van der Waals surface area contributed by atoms with E-state index in [1.54, 1.807) is 0 Å². The van der Waals surface area contributed by atoms with Gasteiger partial charge in [-0.3, -0.25) is 0 Å². The van der Waals surface area contributed by atoms with Gasteiger partial charge in [0, 0.05) is 0 Å². The van der Waals surface area contributed by atoms with Gasteiger partial charge in [0.1, 0.15) is 0 Å². The van der Waals surface area contributed by atoms with Crippen LogP contribution in [0.3, 0.4) is 0 Å². The summed E-state index contributed by atoms with van der Waals surface area (Å²) >= 11 is 6.01. The molecule has 0 fully saturated rings. The summed E-state index contributed by atoms with van der Waals surface area (Å²) in [5, 5.41) is 1.83. The van der Waals surface area contributed by atoms with Crippen molar-refractivity contribution in [3.8, 4) is 0 Å². The van der Waals surface area contributed by atoms with Crippen LogP contribution in [0.4, 0.5) is 0 Å². The van der Waals surface area contributed by atoms with Crippen molar-refractivity contribution in [2.75, 3.05) is 0 Å². The Bertz CT molecular complexity index is 45.3. The van der Waals surface area contributed by atoms with Crippen molar-refractivity contribution in [1.29, 1.82) is 0 Å². The van der Waals surface area contributed by atoms with Crippen molar-refractivity contribution in [3.63, 3.8) is 0 Å². The molecule has 0 nitrogen and oxygen atoms in total. The predicted molar refractivity (Wildman–Crippen MR) is 38.1 cm³/mol. The van der Waals surface area contributed by atoms with E-state index in [0.29, 0.717) is 0 Å². The molecule has 0 heterocycles. The summed E-state index contributed by atoms with van der Waals surface area (Å²) in [4.78, 5) is 0. The second-order valence-electron chi connectivity index (χ2n) is 1.66. The number of rotatable bonds is 4. The summed E-state index contributed by atoms with van der Waals surface area (Å²) in [6.07, 6.45) is 3.84. The third kappa shape index (κ3) is 7.09. The molecule has 0 rings (SSSR count). The second-order valence-corrected chi connectivity index (χ2v) is 3.00. The zero-order chi connectivity index (χ0) is 5.54. The van der Waals surface area contributed by atoms with Gasteiger partial charge in [-0.05, 0) is 0 Å². The Kier molecular flexibility index (Phi) is 8.19. The van der Waals surface area contributed by atoms with E-state index in [-0.39, 0.29) is 0 Å². The quantitative estimate of drug-likeness (QED) is 0.312. The molecule has 7 heavy (non-hydrogen) atoms. The van der Waals surface area contributed by atoms with Crippen LogP contribution >= 0.6 is 12.2 Å². The minimum absolute atomic E-state index is 1.14. The molecule has 0 aliphatic rings. The number of hydrogen-bond donors (Lipinski definition) is 0. The molecular weight excluding hydrogens is 115 g/mol. The molecule has 0 aromatic rings. The van der Waals surface area contributed by atoms with E-state index in [2.05, 4.69) is 12.2 Å². The maximum absolute atomic E-state index is 4.65. The third-order valence-electron chi connectivity index (χ3n) is 0.926. The fourth-order valence-corrected chi connectivity index (χ4v) is 1.14. The number of hydrogen-bond acceptors (Lipinski definition) is 1. The first-order valence-corrected chi connectivity index (χ1v) is 4.74. The molecule has 36 valence electrons. The van der Waals surface area contributed by atoms with Gasteiger partial charge in [-0.25, -0.2) is 0 Å². The Hall–Kier alpha value is 1.09. The molecule has 0 aliphatic heterocycles.